The van der Waals surface area contributed by atoms with Crippen molar-refractivity contribution in [3.05, 3.63) is 64.7 Å². The molecule has 0 saturated carbocycles. The highest BCUT2D eigenvalue weighted by atomic mass is 35.5. The Morgan fingerprint density at radius 2 is 1.75 bits per heavy atom. The summed E-state index contributed by atoms with van der Waals surface area (Å²) in [5.41, 5.74) is 1.71. The Morgan fingerprint density at radius 1 is 1.07 bits per heavy atom. The monoisotopic (exact) mass is 400 g/mol. The van der Waals surface area contributed by atoms with Gasteiger partial charge in [0.15, 0.2) is 0 Å². The molecule has 3 rings (SSSR count). The van der Waals surface area contributed by atoms with Crippen molar-refractivity contribution >= 4 is 17.5 Å². The number of amides is 1. The summed E-state index contributed by atoms with van der Waals surface area (Å²) in [7, 11) is 0. The van der Waals surface area contributed by atoms with Crippen molar-refractivity contribution in [2.75, 3.05) is 19.6 Å². The molecule has 1 heterocycles. The molecule has 4 nitrogen and oxygen atoms in total. The average Bonchev–Trinajstić information content (AvgIpc) is 2.70. The summed E-state index contributed by atoms with van der Waals surface area (Å²) < 4.78 is 5.64. The predicted octanol–water partition coefficient (Wildman–Crippen LogP) is 5.08. The molecule has 5 heteroatoms. The standard InChI is InChI=1S/C23H29ClN2O2/c1-17(2)28-19-12-10-18(11-13-19)23(27)25-16-22(26-14-6-3-7-15-26)20-8-4-5-9-21(20)24/h4-5,8-13,17,22H,3,6-7,14-16H2,1-2H3,(H,25,27). The fourth-order valence-corrected chi connectivity index (χ4v) is 3.92. The van der Waals surface area contributed by atoms with Gasteiger partial charge in [0.25, 0.3) is 5.91 Å². The maximum Gasteiger partial charge on any atom is 0.251 e. The summed E-state index contributed by atoms with van der Waals surface area (Å²) in [4.78, 5) is 15.1. The lowest BCUT2D eigenvalue weighted by molar-refractivity contribution is 0.0924. The molecule has 1 fully saturated rings. The first-order valence-electron chi connectivity index (χ1n) is 10.1. The normalized spacial score (nSPS) is 16.0. The SMILES string of the molecule is CC(C)Oc1ccc(C(=O)NCC(c2ccccc2Cl)N2CCCCC2)cc1. The number of piperidine rings is 1. The Kier molecular flexibility index (Phi) is 7.35. The minimum absolute atomic E-state index is 0.0786. The van der Waals surface area contributed by atoms with Crippen LogP contribution in [0.3, 0.4) is 0 Å². The molecule has 1 saturated heterocycles. The summed E-state index contributed by atoms with van der Waals surface area (Å²) >= 11 is 6.48. The Hall–Kier alpha value is -2.04. The zero-order valence-electron chi connectivity index (χ0n) is 16.7. The van der Waals surface area contributed by atoms with Crippen LogP contribution in [0.4, 0.5) is 0 Å². The lowest BCUT2D eigenvalue weighted by Gasteiger charge is -2.35. The van der Waals surface area contributed by atoms with Crippen molar-refractivity contribution in [2.45, 2.75) is 45.3 Å². The van der Waals surface area contributed by atoms with E-state index in [2.05, 4.69) is 16.3 Å². The lowest BCUT2D eigenvalue weighted by Crippen LogP contribution is -2.40. The van der Waals surface area contributed by atoms with Crippen LogP contribution in [0, 0.1) is 0 Å². The Bertz CT molecular complexity index is 770. The van der Waals surface area contributed by atoms with Gasteiger partial charge < -0.3 is 10.1 Å². The molecule has 1 unspecified atom stereocenters. The molecule has 0 spiro atoms. The third kappa shape index (κ3) is 5.49. The van der Waals surface area contributed by atoms with Gasteiger partial charge in [-0.3, -0.25) is 9.69 Å². The number of likely N-dealkylation sites (tertiary alicyclic amines) is 1. The second-order valence-electron chi connectivity index (χ2n) is 7.53. The molecule has 0 radical (unpaired) electrons. The number of hydrogen-bond donors (Lipinski definition) is 1. The molecule has 0 aromatic heterocycles. The van der Waals surface area contributed by atoms with Crippen molar-refractivity contribution in [3.63, 3.8) is 0 Å². The van der Waals surface area contributed by atoms with Gasteiger partial charge in [0.05, 0.1) is 12.1 Å². The summed E-state index contributed by atoms with van der Waals surface area (Å²) in [5.74, 6) is 0.693. The van der Waals surface area contributed by atoms with Crippen LogP contribution in [-0.2, 0) is 0 Å². The second-order valence-corrected chi connectivity index (χ2v) is 7.94. The summed E-state index contributed by atoms with van der Waals surface area (Å²) in [6.45, 7) is 6.57. The molecule has 1 aliphatic heterocycles. The summed E-state index contributed by atoms with van der Waals surface area (Å²) in [5, 5.41) is 3.85. The van der Waals surface area contributed by atoms with E-state index in [0.29, 0.717) is 12.1 Å². The molecule has 2 aromatic rings. The van der Waals surface area contributed by atoms with Gasteiger partial charge in [0.1, 0.15) is 5.75 Å². The Balaban J connectivity index is 1.69. The number of rotatable bonds is 7. The smallest absolute Gasteiger partial charge is 0.251 e. The predicted molar refractivity (Wildman–Crippen MR) is 114 cm³/mol. The van der Waals surface area contributed by atoms with Gasteiger partial charge in [-0.05, 0) is 75.7 Å². The topological polar surface area (TPSA) is 41.6 Å². The first-order valence-corrected chi connectivity index (χ1v) is 10.5. The van der Waals surface area contributed by atoms with E-state index in [0.717, 1.165) is 29.4 Å². The van der Waals surface area contributed by atoms with Gasteiger partial charge in [0, 0.05) is 17.1 Å². The first kappa shape index (κ1) is 20.7. The maximum absolute atomic E-state index is 12.7. The number of carbonyl (C=O) groups excluding carboxylic acids is 1. The third-order valence-corrected chi connectivity index (χ3v) is 5.38. The van der Waals surface area contributed by atoms with Gasteiger partial charge in [-0.25, -0.2) is 0 Å². The molecule has 2 aromatic carbocycles. The van der Waals surface area contributed by atoms with E-state index in [4.69, 9.17) is 16.3 Å². The number of carbonyl (C=O) groups is 1. The van der Waals surface area contributed by atoms with Gasteiger partial charge >= 0.3 is 0 Å². The van der Waals surface area contributed by atoms with Crippen LogP contribution in [-0.4, -0.2) is 36.5 Å². The van der Waals surface area contributed by atoms with Gasteiger partial charge in [-0.1, -0.05) is 36.2 Å². The average molecular weight is 401 g/mol. The number of halogens is 1. The maximum atomic E-state index is 12.7. The van der Waals surface area contributed by atoms with Crippen LogP contribution >= 0.6 is 11.6 Å². The number of benzene rings is 2. The third-order valence-electron chi connectivity index (χ3n) is 5.04. The molecular weight excluding hydrogens is 372 g/mol. The molecule has 1 aliphatic rings. The summed E-state index contributed by atoms with van der Waals surface area (Å²) in [6, 6.07) is 15.3. The lowest BCUT2D eigenvalue weighted by atomic mass is 10.0. The fraction of sp³-hybridized carbons (Fsp3) is 0.435. The van der Waals surface area contributed by atoms with E-state index in [9.17, 15) is 4.79 Å². The highest BCUT2D eigenvalue weighted by Crippen LogP contribution is 2.29. The van der Waals surface area contributed by atoms with Crippen molar-refractivity contribution in [1.82, 2.24) is 10.2 Å². The molecule has 1 N–H and O–H groups in total. The van der Waals surface area contributed by atoms with Crippen molar-refractivity contribution in [3.8, 4) is 5.75 Å². The number of hydrogen-bond acceptors (Lipinski definition) is 3. The molecule has 1 atom stereocenters. The number of ether oxygens (including phenoxy) is 1. The molecule has 28 heavy (non-hydrogen) atoms. The Labute approximate surface area is 172 Å². The fourth-order valence-electron chi connectivity index (χ4n) is 3.66. The van der Waals surface area contributed by atoms with Crippen LogP contribution in [0.1, 0.15) is 55.1 Å². The van der Waals surface area contributed by atoms with Crippen LogP contribution < -0.4 is 10.1 Å². The van der Waals surface area contributed by atoms with Crippen LogP contribution in [0.25, 0.3) is 0 Å². The van der Waals surface area contributed by atoms with Crippen molar-refractivity contribution in [2.24, 2.45) is 0 Å². The number of nitrogens with zero attached hydrogens (tertiary/aromatic N) is 1. The second kappa shape index (κ2) is 9.94. The van der Waals surface area contributed by atoms with Crippen LogP contribution in [0.5, 0.6) is 5.75 Å². The van der Waals surface area contributed by atoms with Crippen LogP contribution in [0.2, 0.25) is 5.02 Å². The van der Waals surface area contributed by atoms with Gasteiger partial charge in [-0.15, -0.1) is 0 Å². The molecule has 0 bridgehead atoms. The van der Waals surface area contributed by atoms with Crippen LogP contribution in [0.15, 0.2) is 48.5 Å². The largest absolute Gasteiger partial charge is 0.491 e. The molecular formula is C23H29ClN2O2. The zero-order chi connectivity index (χ0) is 19.9. The van der Waals surface area contributed by atoms with Crippen molar-refractivity contribution in [1.29, 1.82) is 0 Å². The highest BCUT2D eigenvalue weighted by molar-refractivity contribution is 6.31. The zero-order valence-corrected chi connectivity index (χ0v) is 17.4. The van der Waals surface area contributed by atoms with E-state index in [1.807, 2.05) is 44.2 Å². The molecule has 0 aliphatic carbocycles. The number of nitrogens with one attached hydrogen (secondary N) is 1. The minimum Gasteiger partial charge on any atom is -0.491 e. The quantitative estimate of drug-likeness (QED) is 0.704. The van der Waals surface area contributed by atoms with E-state index >= 15 is 0 Å². The Morgan fingerprint density at radius 3 is 2.39 bits per heavy atom. The van der Waals surface area contributed by atoms with E-state index < -0.39 is 0 Å². The molecule has 1 amide bonds. The van der Waals surface area contributed by atoms with E-state index in [1.165, 1.54) is 19.3 Å². The van der Waals surface area contributed by atoms with Gasteiger partial charge in [0.2, 0.25) is 0 Å². The first-order chi connectivity index (χ1) is 13.5. The minimum atomic E-state index is -0.0786. The van der Waals surface area contributed by atoms with E-state index in [1.54, 1.807) is 12.1 Å². The van der Waals surface area contributed by atoms with Gasteiger partial charge in [-0.2, -0.15) is 0 Å². The van der Waals surface area contributed by atoms with E-state index in [-0.39, 0.29) is 18.1 Å². The summed E-state index contributed by atoms with van der Waals surface area (Å²) in [6.07, 6.45) is 3.75. The molecule has 150 valence electrons. The van der Waals surface area contributed by atoms with Crippen molar-refractivity contribution < 1.29 is 9.53 Å². The highest BCUT2D eigenvalue weighted by Gasteiger charge is 2.24.